The maximum atomic E-state index is 12.8. The molecule has 1 aromatic heterocycles. The van der Waals surface area contributed by atoms with Gasteiger partial charge in [-0.15, -0.1) is 0 Å². The standard InChI is InChI=1S/C7H7FN2O/c1-4(11)5-2-3-10-7(9)6(5)8/h2-3H,1H3,(H2,9,10). The van der Waals surface area contributed by atoms with E-state index in [1.165, 1.54) is 19.2 Å². The number of ketones is 1. The lowest BCUT2D eigenvalue weighted by Crippen LogP contribution is -2.02. The first-order chi connectivity index (χ1) is 5.13. The number of Topliss-reactive ketones (excluding diaryl/α,β-unsaturated/α-hetero) is 1. The fourth-order valence-corrected chi connectivity index (χ4v) is 0.732. The highest BCUT2D eigenvalue weighted by atomic mass is 19.1. The molecule has 0 amide bonds. The number of nitrogens with two attached hydrogens (primary N) is 1. The molecular weight excluding hydrogens is 147 g/mol. The number of anilines is 1. The summed E-state index contributed by atoms with van der Waals surface area (Å²) in [5.74, 6) is -1.32. The molecule has 1 rings (SSSR count). The summed E-state index contributed by atoms with van der Waals surface area (Å²) in [6.45, 7) is 1.28. The van der Waals surface area contributed by atoms with Gasteiger partial charge in [0.2, 0.25) is 0 Å². The summed E-state index contributed by atoms with van der Waals surface area (Å²) in [5.41, 5.74) is 5.10. The van der Waals surface area contributed by atoms with Crippen LogP contribution in [-0.4, -0.2) is 10.8 Å². The molecule has 2 N–H and O–H groups in total. The maximum Gasteiger partial charge on any atom is 0.175 e. The number of hydrogen-bond acceptors (Lipinski definition) is 3. The first-order valence-electron chi connectivity index (χ1n) is 3.04. The lowest BCUT2D eigenvalue weighted by molar-refractivity contribution is 0.101. The predicted molar refractivity (Wildman–Crippen MR) is 38.6 cm³/mol. The third-order valence-corrected chi connectivity index (χ3v) is 1.30. The zero-order valence-corrected chi connectivity index (χ0v) is 5.97. The van der Waals surface area contributed by atoms with Crippen LogP contribution in [0.2, 0.25) is 0 Å². The Hall–Kier alpha value is -1.45. The number of nitrogen functional groups attached to an aromatic ring is 1. The predicted octanol–water partition coefficient (Wildman–Crippen LogP) is 1.01. The monoisotopic (exact) mass is 154 g/mol. The van der Waals surface area contributed by atoms with Crippen molar-refractivity contribution in [2.75, 3.05) is 5.73 Å². The van der Waals surface area contributed by atoms with E-state index in [4.69, 9.17) is 5.73 Å². The molecule has 1 heterocycles. The minimum absolute atomic E-state index is 0.0162. The van der Waals surface area contributed by atoms with E-state index in [0.29, 0.717) is 0 Å². The molecule has 0 aliphatic heterocycles. The molecule has 0 aliphatic rings. The first-order valence-corrected chi connectivity index (χ1v) is 3.04. The van der Waals surface area contributed by atoms with Gasteiger partial charge < -0.3 is 5.73 Å². The zero-order chi connectivity index (χ0) is 8.43. The minimum Gasteiger partial charge on any atom is -0.381 e. The highest BCUT2D eigenvalue weighted by molar-refractivity contribution is 5.94. The van der Waals surface area contributed by atoms with Crippen molar-refractivity contribution in [1.29, 1.82) is 0 Å². The Morgan fingerprint density at radius 3 is 2.82 bits per heavy atom. The van der Waals surface area contributed by atoms with Crippen LogP contribution in [0.25, 0.3) is 0 Å². The van der Waals surface area contributed by atoms with Crippen molar-refractivity contribution in [3.05, 3.63) is 23.6 Å². The molecule has 0 bridgehead atoms. The number of hydrogen-bond donors (Lipinski definition) is 1. The maximum absolute atomic E-state index is 12.8. The molecule has 0 spiro atoms. The topological polar surface area (TPSA) is 56.0 Å². The lowest BCUT2D eigenvalue weighted by atomic mass is 10.2. The molecule has 0 fully saturated rings. The third-order valence-electron chi connectivity index (χ3n) is 1.30. The van der Waals surface area contributed by atoms with Gasteiger partial charge in [0, 0.05) is 6.20 Å². The number of nitrogens with zero attached hydrogens (tertiary/aromatic N) is 1. The fourth-order valence-electron chi connectivity index (χ4n) is 0.732. The van der Waals surface area contributed by atoms with E-state index < -0.39 is 5.82 Å². The van der Waals surface area contributed by atoms with Crippen molar-refractivity contribution >= 4 is 11.6 Å². The Bertz CT molecular complexity index is 298. The SMILES string of the molecule is CC(=O)c1ccnc(N)c1F. The van der Waals surface area contributed by atoms with Crippen LogP contribution in [0.5, 0.6) is 0 Å². The Morgan fingerprint density at radius 2 is 2.36 bits per heavy atom. The van der Waals surface area contributed by atoms with Crippen LogP contribution in [-0.2, 0) is 0 Å². The normalized spacial score (nSPS) is 9.64. The highest BCUT2D eigenvalue weighted by Gasteiger charge is 2.09. The van der Waals surface area contributed by atoms with Crippen molar-refractivity contribution < 1.29 is 9.18 Å². The van der Waals surface area contributed by atoms with Gasteiger partial charge in [0.25, 0.3) is 0 Å². The van der Waals surface area contributed by atoms with Crippen molar-refractivity contribution in [3.63, 3.8) is 0 Å². The number of rotatable bonds is 1. The largest absolute Gasteiger partial charge is 0.381 e. The molecule has 11 heavy (non-hydrogen) atoms. The molecule has 1 aromatic rings. The molecule has 0 unspecified atom stereocenters. The molecule has 0 saturated heterocycles. The van der Waals surface area contributed by atoms with Gasteiger partial charge in [0.05, 0.1) is 5.56 Å². The molecule has 0 aliphatic carbocycles. The molecule has 0 aromatic carbocycles. The third kappa shape index (κ3) is 1.34. The number of carbonyl (C=O) groups is 1. The summed E-state index contributed by atoms with van der Waals surface area (Å²) in [7, 11) is 0. The van der Waals surface area contributed by atoms with Gasteiger partial charge in [-0.1, -0.05) is 0 Å². The molecule has 0 radical (unpaired) electrons. The number of pyridine rings is 1. The van der Waals surface area contributed by atoms with Gasteiger partial charge in [-0.2, -0.15) is 0 Å². The van der Waals surface area contributed by atoms with E-state index in [-0.39, 0.29) is 17.2 Å². The number of halogens is 1. The molecule has 58 valence electrons. The first kappa shape index (κ1) is 7.65. The van der Waals surface area contributed by atoms with Gasteiger partial charge in [-0.05, 0) is 13.0 Å². The van der Waals surface area contributed by atoms with Crippen molar-refractivity contribution in [2.45, 2.75) is 6.92 Å². The second-order valence-corrected chi connectivity index (χ2v) is 2.11. The summed E-state index contributed by atoms with van der Waals surface area (Å²) < 4.78 is 12.8. The molecule has 4 heteroatoms. The van der Waals surface area contributed by atoms with Crippen molar-refractivity contribution in [1.82, 2.24) is 4.98 Å². The van der Waals surface area contributed by atoms with Crippen LogP contribution in [0.4, 0.5) is 10.2 Å². The van der Waals surface area contributed by atoms with Gasteiger partial charge in [-0.3, -0.25) is 4.79 Å². The Morgan fingerprint density at radius 1 is 1.73 bits per heavy atom. The van der Waals surface area contributed by atoms with Crippen LogP contribution in [0.1, 0.15) is 17.3 Å². The van der Waals surface area contributed by atoms with Crippen LogP contribution >= 0.6 is 0 Å². The van der Waals surface area contributed by atoms with E-state index in [2.05, 4.69) is 4.98 Å². The summed E-state index contributed by atoms with van der Waals surface area (Å²) in [4.78, 5) is 14.2. The van der Waals surface area contributed by atoms with E-state index in [9.17, 15) is 9.18 Å². The minimum atomic E-state index is -0.736. The summed E-state index contributed by atoms with van der Waals surface area (Å²) >= 11 is 0. The van der Waals surface area contributed by atoms with Crippen LogP contribution in [0.3, 0.4) is 0 Å². The number of carbonyl (C=O) groups excluding carboxylic acids is 1. The van der Waals surface area contributed by atoms with Gasteiger partial charge >= 0.3 is 0 Å². The van der Waals surface area contributed by atoms with Crippen molar-refractivity contribution in [2.24, 2.45) is 0 Å². The summed E-state index contributed by atoms with van der Waals surface area (Å²) in [6, 6.07) is 1.30. The van der Waals surface area contributed by atoms with Crippen LogP contribution in [0.15, 0.2) is 12.3 Å². The van der Waals surface area contributed by atoms with Gasteiger partial charge in [0.15, 0.2) is 17.4 Å². The quantitative estimate of drug-likeness (QED) is 0.614. The smallest absolute Gasteiger partial charge is 0.175 e. The van der Waals surface area contributed by atoms with E-state index >= 15 is 0 Å². The van der Waals surface area contributed by atoms with Gasteiger partial charge in [0.1, 0.15) is 0 Å². The fraction of sp³-hybridized carbons (Fsp3) is 0.143. The van der Waals surface area contributed by atoms with E-state index in [0.717, 1.165) is 0 Å². The highest BCUT2D eigenvalue weighted by Crippen LogP contribution is 2.11. The summed E-state index contributed by atoms with van der Waals surface area (Å²) in [6.07, 6.45) is 1.30. The molecular formula is C7H7FN2O. The van der Waals surface area contributed by atoms with E-state index in [1.54, 1.807) is 0 Å². The van der Waals surface area contributed by atoms with Gasteiger partial charge in [-0.25, -0.2) is 9.37 Å². The number of aromatic nitrogens is 1. The van der Waals surface area contributed by atoms with Crippen LogP contribution in [0, 0.1) is 5.82 Å². The Balaban J connectivity index is 3.27. The molecule has 0 atom stereocenters. The second kappa shape index (κ2) is 2.65. The second-order valence-electron chi connectivity index (χ2n) is 2.11. The lowest BCUT2D eigenvalue weighted by Gasteiger charge is -1.98. The van der Waals surface area contributed by atoms with Crippen LogP contribution < -0.4 is 5.73 Å². The molecule has 3 nitrogen and oxygen atoms in total. The zero-order valence-electron chi connectivity index (χ0n) is 5.97. The average molecular weight is 154 g/mol. The van der Waals surface area contributed by atoms with E-state index in [1.807, 2.05) is 0 Å². The average Bonchev–Trinajstić information content (AvgIpc) is 1.94. The molecule has 0 saturated carbocycles. The Labute approximate surface area is 63.0 Å². The summed E-state index contributed by atoms with van der Waals surface area (Å²) in [5, 5.41) is 0. The van der Waals surface area contributed by atoms with Crippen molar-refractivity contribution in [3.8, 4) is 0 Å². The Kier molecular flexibility index (Phi) is 1.85.